The Kier molecular flexibility index (Phi) is 5.30. The number of fused-ring (bicyclic) bond motifs is 2. The lowest BCUT2D eigenvalue weighted by molar-refractivity contribution is -0.121. The van der Waals surface area contributed by atoms with Crippen molar-refractivity contribution < 1.29 is 14.4 Å². The molecule has 2 aliphatic rings. The van der Waals surface area contributed by atoms with Crippen LogP contribution in [0.4, 0.5) is 5.69 Å². The fourth-order valence-electron chi connectivity index (χ4n) is 4.29. The highest BCUT2D eigenvalue weighted by molar-refractivity contribution is 6.11. The van der Waals surface area contributed by atoms with Crippen molar-refractivity contribution in [3.05, 3.63) is 53.1 Å². The number of carbonyl (C=O) groups is 3. The van der Waals surface area contributed by atoms with Gasteiger partial charge >= 0.3 is 0 Å². The van der Waals surface area contributed by atoms with Gasteiger partial charge in [-0.15, -0.1) is 0 Å². The zero-order valence-corrected chi connectivity index (χ0v) is 17.4. The minimum Gasteiger partial charge on any atom is -0.350 e. The van der Waals surface area contributed by atoms with Gasteiger partial charge in [0.2, 0.25) is 11.8 Å². The van der Waals surface area contributed by atoms with Gasteiger partial charge in [0.15, 0.2) is 0 Å². The first-order valence-corrected chi connectivity index (χ1v) is 10.2. The number of carbonyl (C=O) groups excluding carboxylic acids is 3. The van der Waals surface area contributed by atoms with Crippen molar-refractivity contribution in [1.82, 2.24) is 15.5 Å². The van der Waals surface area contributed by atoms with E-state index in [2.05, 4.69) is 35.9 Å². The number of amides is 3. The second kappa shape index (κ2) is 7.91. The van der Waals surface area contributed by atoms with Crippen molar-refractivity contribution in [2.75, 3.05) is 25.5 Å². The number of aryl methyl sites for hydroxylation is 1. The average Bonchev–Trinajstić information content (AvgIpc) is 3.10. The normalized spacial score (nSPS) is 20.3. The highest BCUT2D eigenvalue weighted by atomic mass is 16.2. The number of nitrogens with one attached hydrogen (secondary N) is 3. The van der Waals surface area contributed by atoms with Crippen LogP contribution in [0.25, 0.3) is 11.1 Å². The zero-order chi connectivity index (χ0) is 21.4. The molecule has 0 radical (unpaired) electrons. The van der Waals surface area contributed by atoms with E-state index in [1.165, 1.54) is 5.56 Å². The molecule has 0 bridgehead atoms. The van der Waals surface area contributed by atoms with Gasteiger partial charge in [0, 0.05) is 12.6 Å². The molecule has 2 aliphatic heterocycles. The Balaban J connectivity index is 1.65. The molecule has 0 aromatic heterocycles. The molecule has 0 saturated carbocycles. The van der Waals surface area contributed by atoms with Gasteiger partial charge in [0.25, 0.3) is 5.91 Å². The molecule has 0 unspecified atom stereocenters. The van der Waals surface area contributed by atoms with Crippen LogP contribution in [0.5, 0.6) is 0 Å². The SMILES string of the molecule is CNCC(=O)N[C@H]1C[C@H]2C(=O)Nc3ccc(-c4cccc(C)c4C)cc3C(=O)N2C1. The number of anilines is 1. The van der Waals surface area contributed by atoms with Crippen LogP contribution in [-0.2, 0) is 9.59 Å². The highest BCUT2D eigenvalue weighted by Gasteiger charge is 2.43. The molecule has 4 rings (SSSR count). The molecule has 3 N–H and O–H groups in total. The fraction of sp³-hybridized carbons (Fsp3) is 0.348. The molecule has 7 heteroatoms. The lowest BCUT2D eigenvalue weighted by Gasteiger charge is -2.20. The van der Waals surface area contributed by atoms with Crippen molar-refractivity contribution in [2.45, 2.75) is 32.4 Å². The zero-order valence-electron chi connectivity index (χ0n) is 17.4. The van der Waals surface area contributed by atoms with Crippen LogP contribution in [0.1, 0.15) is 27.9 Å². The molecule has 2 atom stereocenters. The lowest BCUT2D eigenvalue weighted by Crippen LogP contribution is -2.42. The van der Waals surface area contributed by atoms with Gasteiger partial charge in [-0.05, 0) is 61.7 Å². The van der Waals surface area contributed by atoms with E-state index in [1.54, 1.807) is 18.0 Å². The number of hydrogen-bond acceptors (Lipinski definition) is 4. The standard InChI is InChI=1S/C23H26N4O3/c1-13-5-4-6-17(14(13)2)15-7-8-19-18(9-15)23(30)27-12-16(25-21(28)11-24-3)10-20(27)22(29)26-19/h4-9,16,20,24H,10-12H2,1-3H3,(H,25,28)(H,26,29)/t16-,20-/m0/s1. The van der Waals surface area contributed by atoms with Crippen LogP contribution < -0.4 is 16.0 Å². The van der Waals surface area contributed by atoms with E-state index in [4.69, 9.17) is 0 Å². The lowest BCUT2D eigenvalue weighted by atomic mass is 9.95. The minimum atomic E-state index is -0.589. The average molecular weight is 406 g/mol. The maximum absolute atomic E-state index is 13.4. The van der Waals surface area contributed by atoms with Crippen LogP contribution in [0.3, 0.4) is 0 Å². The summed E-state index contributed by atoms with van der Waals surface area (Å²) >= 11 is 0. The second-order valence-electron chi connectivity index (χ2n) is 8.00. The molecule has 1 saturated heterocycles. The number of rotatable bonds is 4. The predicted molar refractivity (Wildman–Crippen MR) is 115 cm³/mol. The van der Waals surface area contributed by atoms with Crippen LogP contribution in [0, 0.1) is 13.8 Å². The second-order valence-corrected chi connectivity index (χ2v) is 8.00. The summed E-state index contributed by atoms with van der Waals surface area (Å²) in [4.78, 5) is 39.6. The highest BCUT2D eigenvalue weighted by Crippen LogP contribution is 2.33. The van der Waals surface area contributed by atoms with Crippen molar-refractivity contribution in [3.8, 4) is 11.1 Å². The molecule has 0 spiro atoms. The summed E-state index contributed by atoms with van der Waals surface area (Å²) in [6, 6.07) is 10.9. The van der Waals surface area contributed by atoms with E-state index in [1.807, 2.05) is 24.3 Å². The molecule has 2 aromatic rings. The maximum atomic E-state index is 13.4. The van der Waals surface area contributed by atoms with Gasteiger partial charge < -0.3 is 20.9 Å². The van der Waals surface area contributed by atoms with E-state index in [-0.39, 0.29) is 30.3 Å². The first-order chi connectivity index (χ1) is 14.4. The first kappa shape index (κ1) is 20.1. The van der Waals surface area contributed by atoms with Crippen molar-refractivity contribution >= 4 is 23.4 Å². The molecular formula is C23H26N4O3. The third-order valence-corrected chi connectivity index (χ3v) is 5.99. The number of benzene rings is 2. The first-order valence-electron chi connectivity index (χ1n) is 10.2. The fourth-order valence-corrected chi connectivity index (χ4v) is 4.29. The van der Waals surface area contributed by atoms with Gasteiger partial charge in [0.1, 0.15) is 6.04 Å². The molecule has 2 aromatic carbocycles. The van der Waals surface area contributed by atoms with Gasteiger partial charge in [-0.3, -0.25) is 14.4 Å². The van der Waals surface area contributed by atoms with E-state index >= 15 is 0 Å². The largest absolute Gasteiger partial charge is 0.350 e. The third kappa shape index (κ3) is 3.57. The molecule has 2 heterocycles. The van der Waals surface area contributed by atoms with Crippen molar-refractivity contribution in [2.24, 2.45) is 0 Å². The van der Waals surface area contributed by atoms with Gasteiger partial charge in [-0.1, -0.05) is 24.3 Å². The Bertz CT molecular complexity index is 1030. The van der Waals surface area contributed by atoms with Gasteiger partial charge in [0.05, 0.1) is 17.8 Å². The molecular weight excluding hydrogens is 380 g/mol. The summed E-state index contributed by atoms with van der Waals surface area (Å²) in [6.45, 7) is 4.64. The topological polar surface area (TPSA) is 90.5 Å². The number of hydrogen-bond donors (Lipinski definition) is 3. The Labute approximate surface area is 175 Å². The Morgan fingerprint density at radius 1 is 1.17 bits per heavy atom. The summed E-state index contributed by atoms with van der Waals surface area (Å²) in [5.41, 5.74) is 5.36. The molecule has 1 fully saturated rings. The van der Waals surface area contributed by atoms with Crippen LogP contribution in [0.2, 0.25) is 0 Å². The van der Waals surface area contributed by atoms with Crippen molar-refractivity contribution in [3.63, 3.8) is 0 Å². The number of nitrogens with zero attached hydrogens (tertiary/aromatic N) is 1. The van der Waals surface area contributed by atoms with E-state index in [0.717, 1.165) is 16.7 Å². The Hall–Kier alpha value is -3.19. The molecule has 3 amide bonds. The maximum Gasteiger partial charge on any atom is 0.256 e. The smallest absolute Gasteiger partial charge is 0.256 e. The summed E-state index contributed by atoms with van der Waals surface area (Å²) in [5, 5.41) is 8.60. The molecule has 30 heavy (non-hydrogen) atoms. The van der Waals surface area contributed by atoms with Gasteiger partial charge in [-0.25, -0.2) is 0 Å². The summed E-state index contributed by atoms with van der Waals surface area (Å²) in [6.07, 6.45) is 0.408. The monoisotopic (exact) mass is 406 g/mol. The van der Waals surface area contributed by atoms with E-state index in [0.29, 0.717) is 24.2 Å². The minimum absolute atomic E-state index is 0.148. The Morgan fingerprint density at radius 2 is 1.97 bits per heavy atom. The van der Waals surface area contributed by atoms with E-state index in [9.17, 15) is 14.4 Å². The van der Waals surface area contributed by atoms with Gasteiger partial charge in [-0.2, -0.15) is 0 Å². The van der Waals surface area contributed by atoms with Crippen molar-refractivity contribution in [1.29, 1.82) is 0 Å². The van der Waals surface area contributed by atoms with E-state index < -0.39 is 6.04 Å². The third-order valence-electron chi connectivity index (χ3n) is 5.99. The summed E-state index contributed by atoms with van der Waals surface area (Å²) in [7, 11) is 1.70. The molecule has 0 aliphatic carbocycles. The van der Waals surface area contributed by atoms with Crippen LogP contribution >= 0.6 is 0 Å². The Morgan fingerprint density at radius 3 is 2.73 bits per heavy atom. The molecule has 7 nitrogen and oxygen atoms in total. The molecule has 156 valence electrons. The predicted octanol–water partition coefficient (Wildman–Crippen LogP) is 1.84. The summed E-state index contributed by atoms with van der Waals surface area (Å²) < 4.78 is 0. The number of likely N-dealkylation sites (N-methyl/N-ethyl adjacent to an activating group) is 1. The van der Waals surface area contributed by atoms with Crippen LogP contribution in [0.15, 0.2) is 36.4 Å². The van der Waals surface area contributed by atoms with Crippen LogP contribution in [-0.4, -0.2) is 54.8 Å². The summed E-state index contributed by atoms with van der Waals surface area (Å²) in [5.74, 6) is -0.552. The quantitative estimate of drug-likeness (QED) is 0.723.